The van der Waals surface area contributed by atoms with Gasteiger partial charge >= 0.3 is 0 Å². The van der Waals surface area contributed by atoms with Crippen molar-refractivity contribution in [1.82, 2.24) is 9.97 Å². The standard InChI is InChI=1S/C19H16FN3/c20-16-5-6-18-17(10-16)15(12-23-18)9-13-3-2-8-22-19(13)14-4-1-7-21-11-14/h1,4-7,9-12,23H,2-3,8H2/b13-9+. The lowest BCUT2D eigenvalue weighted by atomic mass is 9.95. The predicted octanol–water partition coefficient (Wildman–Crippen LogP) is 4.37. The molecule has 1 aromatic carbocycles. The molecule has 0 radical (unpaired) electrons. The van der Waals surface area contributed by atoms with Gasteiger partial charge in [-0.1, -0.05) is 0 Å². The zero-order valence-electron chi connectivity index (χ0n) is 12.6. The molecule has 0 bridgehead atoms. The van der Waals surface area contributed by atoms with Crippen LogP contribution in [0, 0.1) is 5.82 Å². The quantitative estimate of drug-likeness (QED) is 0.750. The van der Waals surface area contributed by atoms with Crippen molar-refractivity contribution in [3.8, 4) is 0 Å². The summed E-state index contributed by atoms with van der Waals surface area (Å²) in [6.45, 7) is 0.837. The van der Waals surface area contributed by atoms with Crippen molar-refractivity contribution < 1.29 is 4.39 Å². The maximum atomic E-state index is 13.5. The zero-order valence-corrected chi connectivity index (χ0v) is 12.6. The summed E-state index contributed by atoms with van der Waals surface area (Å²) in [5, 5.41) is 0.897. The van der Waals surface area contributed by atoms with Crippen molar-refractivity contribution in [2.75, 3.05) is 6.54 Å². The molecule has 0 saturated heterocycles. The average Bonchev–Trinajstić information content (AvgIpc) is 2.98. The third-order valence-electron chi connectivity index (χ3n) is 4.12. The summed E-state index contributed by atoms with van der Waals surface area (Å²) in [6.07, 6.45) is 9.64. The van der Waals surface area contributed by atoms with Gasteiger partial charge in [-0.25, -0.2) is 4.39 Å². The number of hydrogen-bond donors (Lipinski definition) is 1. The van der Waals surface area contributed by atoms with Gasteiger partial charge in [-0.2, -0.15) is 0 Å². The molecule has 23 heavy (non-hydrogen) atoms. The Labute approximate surface area is 133 Å². The van der Waals surface area contributed by atoms with Gasteiger partial charge < -0.3 is 4.98 Å². The Bertz CT molecular complexity index is 907. The molecule has 0 amide bonds. The summed E-state index contributed by atoms with van der Waals surface area (Å²) in [5.41, 5.74) is 5.14. The number of rotatable bonds is 2. The van der Waals surface area contributed by atoms with Gasteiger partial charge in [-0.15, -0.1) is 0 Å². The van der Waals surface area contributed by atoms with E-state index in [-0.39, 0.29) is 5.82 Å². The van der Waals surface area contributed by atoms with Crippen LogP contribution in [0.2, 0.25) is 0 Å². The first kappa shape index (κ1) is 13.9. The number of halogens is 1. The molecule has 0 atom stereocenters. The number of aliphatic imine (C=N–C) groups is 1. The normalized spacial score (nSPS) is 16.7. The number of aromatic amines is 1. The number of benzene rings is 1. The number of nitrogens with zero attached hydrogens (tertiary/aromatic N) is 2. The van der Waals surface area contributed by atoms with E-state index in [9.17, 15) is 4.39 Å². The van der Waals surface area contributed by atoms with Gasteiger partial charge in [0.05, 0.1) is 5.71 Å². The highest BCUT2D eigenvalue weighted by Gasteiger charge is 2.15. The summed E-state index contributed by atoms with van der Waals surface area (Å²) in [7, 11) is 0. The van der Waals surface area contributed by atoms with Crippen molar-refractivity contribution in [2.24, 2.45) is 4.99 Å². The Morgan fingerprint density at radius 2 is 2.17 bits per heavy atom. The number of H-pyrrole nitrogens is 1. The van der Waals surface area contributed by atoms with Gasteiger partial charge in [0, 0.05) is 47.2 Å². The second-order valence-corrected chi connectivity index (χ2v) is 5.68. The third-order valence-corrected chi connectivity index (χ3v) is 4.12. The van der Waals surface area contributed by atoms with Gasteiger partial charge in [-0.3, -0.25) is 9.98 Å². The van der Waals surface area contributed by atoms with Crippen LogP contribution in [-0.4, -0.2) is 22.2 Å². The molecule has 0 unspecified atom stereocenters. The van der Waals surface area contributed by atoms with E-state index < -0.39 is 0 Å². The van der Waals surface area contributed by atoms with E-state index >= 15 is 0 Å². The van der Waals surface area contributed by atoms with Gasteiger partial charge in [0.25, 0.3) is 0 Å². The van der Waals surface area contributed by atoms with Crippen LogP contribution in [0.1, 0.15) is 24.0 Å². The molecule has 0 spiro atoms. The molecule has 1 aliphatic rings. The summed E-state index contributed by atoms with van der Waals surface area (Å²) in [5.74, 6) is -0.221. The molecule has 0 saturated carbocycles. The summed E-state index contributed by atoms with van der Waals surface area (Å²) >= 11 is 0. The van der Waals surface area contributed by atoms with E-state index in [2.05, 4.69) is 21.0 Å². The second kappa shape index (κ2) is 5.80. The SMILES string of the molecule is Fc1ccc2[nH]cc(/C=C3\CCCN=C3c3cccnc3)c2c1. The van der Waals surface area contributed by atoms with E-state index in [0.717, 1.165) is 47.1 Å². The maximum Gasteiger partial charge on any atom is 0.123 e. The van der Waals surface area contributed by atoms with Crippen LogP contribution < -0.4 is 0 Å². The molecule has 1 aliphatic heterocycles. The molecule has 1 N–H and O–H groups in total. The first-order chi connectivity index (χ1) is 11.3. The summed E-state index contributed by atoms with van der Waals surface area (Å²) in [6, 6.07) is 8.76. The molecular formula is C19H16FN3. The predicted molar refractivity (Wildman–Crippen MR) is 91.1 cm³/mol. The lowest BCUT2D eigenvalue weighted by Gasteiger charge is -2.16. The molecule has 114 valence electrons. The topological polar surface area (TPSA) is 41.0 Å². The monoisotopic (exact) mass is 305 g/mol. The smallest absolute Gasteiger partial charge is 0.123 e. The van der Waals surface area contributed by atoms with Crippen LogP contribution in [-0.2, 0) is 0 Å². The fourth-order valence-electron chi connectivity index (χ4n) is 3.02. The Balaban J connectivity index is 1.80. The van der Waals surface area contributed by atoms with Crippen molar-refractivity contribution in [1.29, 1.82) is 0 Å². The van der Waals surface area contributed by atoms with Crippen LogP contribution in [0.4, 0.5) is 4.39 Å². The Hall–Kier alpha value is -2.75. The molecule has 0 fully saturated rings. The van der Waals surface area contributed by atoms with Gasteiger partial charge in [0.15, 0.2) is 0 Å². The Kier molecular flexibility index (Phi) is 3.50. The van der Waals surface area contributed by atoms with Crippen LogP contribution in [0.5, 0.6) is 0 Å². The van der Waals surface area contributed by atoms with Gasteiger partial charge in [-0.05, 0) is 54.8 Å². The lowest BCUT2D eigenvalue weighted by molar-refractivity contribution is 0.629. The van der Waals surface area contributed by atoms with E-state index in [1.165, 1.54) is 11.6 Å². The van der Waals surface area contributed by atoms with E-state index in [1.807, 2.05) is 24.5 Å². The van der Waals surface area contributed by atoms with Crippen LogP contribution in [0.15, 0.2) is 59.5 Å². The fraction of sp³-hybridized carbons (Fsp3) is 0.158. The molecule has 4 rings (SSSR count). The van der Waals surface area contributed by atoms with Crippen molar-refractivity contribution in [2.45, 2.75) is 12.8 Å². The maximum absolute atomic E-state index is 13.5. The van der Waals surface area contributed by atoms with Crippen molar-refractivity contribution >= 4 is 22.7 Å². The van der Waals surface area contributed by atoms with E-state index in [4.69, 9.17) is 0 Å². The van der Waals surface area contributed by atoms with Crippen LogP contribution >= 0.6 is 0 Å². The Morgan fingerprint density at radius 1 is 1.22 bits per heavy atom. The van der Waals surface area contributed by atoms with Crippen LogP contribution in [0.25, 0.3) is 17.0 Å². The zero-order chi connectivity index (χ0) is 15.6. The first-order valence-electron chi connectivity index (χ1n) is 7.74. The highest BCUT2D eigenvalue weighted by Crippen LogP contribution is 2.26. The molecule has 2 aromatic heterocycles. The molecular weight excluding hydrogens is 289 g/mol. The fourth-order valence-corrected chi connectivity index (χ4v) is 3.02. The minimum atomic E-state index is -0.221. The number of nitrogens with one attached hydrogen (secondary N) is 1. The number of hydrogen-bond acceptors (Lipinski definition) is 2. The summed E-state index contributed by atoms with van der Waals surface area (Å²) in [4.78, 5) is 12.1. The van der Waals surface area contributed by atoms with Crippen molar-refractivity contribution in [3.63, 3.8) is 0 Å². The minimum absolute atomic E-state index is 0.221. The summed E-state index contributed by atoms with van der Waals surface area (Å²) < 4.78 is 13.5. The number of allylic oxidation sites excluding steroid dienone is 1. The molecule has 3 heterocycles. The van der Waals surface area contributed by atoms with Crippen molar-refractivity contribution in [3.05, 3.63) is 71.4 Å². The molecule has 4 heteroatoms. The second-order valence-electron chi connectivity index (χ2n) is 5.68. The Morgan fingerprint density at radius 3 is 3.04 bits per heavy atom. The van der Waals surface area contributed by atoms with Crippen LogP contribution in [0.3, 0.4) is 0 Å². The number of fused-ring (bicyclic) bond motifs is 1. The first-order valence-corrected chi connectivity index (χ1v) is 7.74. The van der Waals surface area contributed by atoms with Gasteiger partial charge in [0.1, 0.15) is 5.82 Å². The molecule has 3 nitrogen and oxygen atoms in total. The lowest BCUT2D eigenvalue weighted by Crippen LogP contribution is -2.11. The van der Waals surface area contributed by atoms with Gasteiger partial charge in [0.2, 0.25) is 0 Å². The highest BCUT2D eigenvalue weighted by atomic mass is 19.1. The van der Waals surface area contributed by atoms with E-state index in [1.54, 1.807) is 18.3 Å². The minimum Gasteiger partial charge on any atom is -0.361 e. The average molecular weight is 305 g/mol. The van der Waals surface area contributed by atoms with E-state index in [0.29, 0.717) is 0 Å². The molecule has 0 aliphatic carbocycles. The number of pyridine rings is 1. The number of aromatic nitrogens is 2. The molecule has 3 aromatic rings. The third kappa shape index (κ3) is 2.68. The largest absolute Gasteiger partial charge is 0.361 e. The highest BCUT2D eigenvalue weighted by molar-refractivity contribution is 6.15.